The van der Waals surface area contributed by atoms with E-state index in [2.05, 4.69) is 30.6 Å². The number of carbonyl (C=O) groups is 1. The minimum atomic E-state index is -4.56. The molecule has 2 amide bonds. The lowest BCUT2D eigenvalue weighted by Crippen LogP contribution is -2.36. The number of hydrogen-bond acceptors (Lipinski definition) is 7. The van der Waals surface area contributed by atoms with Crippen LogP contribution in [-0.2, 0) is 17.5 Å². The maximum absolute atomic E-state index is 12.9. The summed E-state index contributed by atoms with van der Waals surface area (Å²) in [5.41, 5.74) is 8.54. The lowest BCUT2D eigenvalue weighted by molar-refractivity contribution is -0.137. The first-order chi connectivity index (χ1) is 18.2. The maximum Gasteiger partial charge on any atom is 0.416 e. The van der Waals surface area contributed by atoms with Crippen molar-refractivity contribution in [1.82, 2.24) is 24.5 Å². The molecule has 0 radical (unpaired) electrons. The van der Waals surface area contributed by atoms with Crippen LogP contribution in [0.4, 0.5) is 35.3 Å². The molecule has 1 aromatic carbocycles. The summed E-state index contributed by atoms with van der Waals surface area (Å²) in [7, 11) is 0. The van der Waals surface area contributed by atoms with Crippen LogP contribution in [0.2, 0.25) is 5.02 Å². The number of halogens is 4. The fourth-order valence-electron chi connectivity index (χ4n) is 4.18. The van der Waals surface area contributed by atoms with E-state index in [1.165, 1.54) is 6.33 Å². The van der Waals surface area contributed by atoms with Gasteiger partial charge in [0.15, 0.2) is 5.82 Å². The van der Waals surface area contributed by atoms with Crippen LogP contribution in [-0.4, -0.2) is 56.8 Å². The first-order valence-corrected chi connectivity index (χ1v) is 11.9. The highest BCUT2D eigenvalue weighted by Gasteiger charge is 2.31. The fraction of sp³-hybridized carbons (Fsp3) is 0.250. The first kappa shape index (κ1) is 25.7. The molecule has 1 aliphatic heterocycles. The van der Waals surface area contributed by atoms with Crippen LogP contribution in [0.3, 0.4) is 0 Å². The van der Waals surface area contributed by atoms with E-state index in [1.54, 1.807) is 22.7 Å². The van der Waals surface area contributed by atoms with E-state index >= 15 is 0 Å². The SMILES string of the molecule is Nc1ncnn2c(CN3CCOCC3)cc(-c3ccc(NC(=O)Nc4cc(C(F)(F)F)ccn4)c(Cl)c3)c12. The average Bonchev–Trinajstić information content (AvgIpc) is 3.25. The molecule has 3 aromatic heterocycles. The molecule has 0 unspecified atom stereocenters. The Kier molecular flexibility index (Phi) is 7.06. The van der Waals surface area contributed by atoms with Gasteiger partial charge in [-0.1, -0.05) is 17.7 Å². The quantitative estimate of drug-likeness (QED) is 0.336. The number of hydrogen-bond donors (Lipinski definition) is 3. The van der Waals surface area contributed by atoms with Crippen molar-refractivity contribution in [3.05, 3.63) is 65.2 Å². The third kappa shape index (κ3) is 5.49. The van der Waals surface area contributed by atoms with Gasteiger partial charge in [0.25, 0.3) is 0 Å². The molecule has 0 aliphatic carbocycles. The summed E-state index contributed by atoms with van der Waals surface area (Å²) < 4.78 is 46.0. The van der Waals surface area contributed by atoms with Crippen molar-refractivity contribution in [1.29, 1.82) is 0 Å². The number of alkyl halides is 3. The van der Waals surface area contributed by atoms with Crippen LogP contribution < -0.4 is 16.4 Å². The molecular weight excluding hydrogens is 525 g/mol. The molecule has 1 aliphatic rings. The van der Waals surface area contributed by atoms with E-state index in [1.807, 2.05) is 6.07 Å². The smallest absolute Gasteiger partial charge is 0.382 e. The van der Waals surface area contributed by atoms with Gasteiger partial charge < -0.3 is 15.8 Å². The zero-order chi connectivity index (χ0) is 26.9. The highest BCUT2D eigenvalue weighted by atomic mass is 35.5. The number of pyridine rings is 1. The number of amides is 2. The van der Waals surface area contributed by atoms with Gasteiger partial charge in [-0.3, -0.25) is 10.2 Å². The molecule has 1 saturated heterocycles. The number of nitrogens with zero attached hydrogens (tertiary/aromatic N) is 5. The standard InChI is InChI=1S/C24H22ClF3N8O2/c25-18-9-14(1-2-19(18)33-23(37)34-20-10-15(3-4-30-20)24(26,27)28)17-11-16(12-35-5-7-38-8-6-35)36-21(17)22(29)31-13-32-36/h1-4,9-11,13H,5-8,12H2,(H2,29,31,32)(H2,30,33,34,37). The number of nitrogen functional groups attached to an aromatic ring is 1. The lowest BCUT2D eigenvalue weighted by atomic mass is 10.1. The number of benzene rings is 1. The highest BCUT2D eigenvalue weighted by molar-refractivity contribution is 6.34. The molecule has 0 bridgehead atoms. The first-order valence-electron chi connectivity index (χ1n) is 11.5. The number of urea groups is 1. The number of morpholine rings is 1. The van der Waals surface area contributed by atoms with Gasteiger partial charge in [0.1, 0.15) is 17.7 Å². The van der Waals surface area contributed by atoms with E-state index < -0.39 is 17.8 Å². The maximum atomic E-state index is 12.9. The summed E-state index contributed by atoms with van der Waals surface area (Å²) in [5.74, 6) is 0.0446. The molecule has 0 spiro atoms. The van der Waals surface area contributed by atoms with Crippen molar-refractivity contribution in [2.45, 2.75) is 12.7 Å². The molecule has 198 valence electrons. The summed E-state index contributed by atoms with van der Waals surface area (Å²) in [5, 5.41) is 9.40. The lowest BCUT2D eigenvalue weighted by Gasteiger charge is -2.26. The van der Waals surface area contributed by atoms with Crippen LogP contribution >= 0.6 is 11.6 Å². The number of ether oxygens (including phenoxy) is 1. The Labute approximate surface area is 219 Å². The Morgan fingerprint density at radius 1 is 1.11 bits per heavy atom. The number of fused-ring (bicyclic) bond motifs is 1. The third-order valence-electron chi connectivity index (χ3n) is 6.00. The summed E-state index contributed by atoms with van der Waals surface area (Å²) in [6.45, 7) is 3.56. The summed E-state index contributed by atoms with van der Waals surface area (Å²) in [4.78, 5) is 22.5. The fourth-order valence-corrected chi connectivity index (χ4v) is 4.41. The van der Waals surface area contributed by atoms with Crippen molar-refractivity contribution < 1.29 is 22.7 Å². The second-order valence-corrected chi connectivity index (χ2v) is 8.95. The molecule has 0 saturated carbocycles. The Balaban J connectivity index is 1.37. The van der Waals surface area contributed by atoms with Gasteiger partial charge in [0.05, 0.1) is 35.2 Å². The summed E-state index contributed by atoms with van der Waals surface area (Å²) in [6.07, 6.45) is -2.20. The molecular formula is C24H22ClF3N8O2. The van der Waals surface area contributed by atoms with Crippen molar-refractivity contribution >= 4 is 40.5 Å². The van der Waals surface area contributed by atoms with Gasteiger partial charge in [-0.25, -0.2) is 19.3 Å². The van der Waals surface area contributed by atoms with E-state index in [-0.39, 0.29) is 16.5 Å². The summed E-state index contributed by atoms with van der Waals surface area (Å²) >= 11 is 6.47. The van der Waals surface area contributed by atoms with Gasteiger partial charge >= 0.3 is 12.2 Å². The topological polar surface area (TPSA) is 123 Å². The number of nitrogens with two attached hydrogens (primary N) is 1. The molecule has 10 nitrogen and oxygen atoms in total. The number of nitrogens with one attached hydrogen (secondary N) is 2. The number of rotatable bonds is 5. The molecule has 4 N–H and O–H groups in total. The van der Waals surface area contributed by atoms with Crippen molar-refractivity contribution in [3.8, 4) is 11.1 Å². The molecule has 5 rings (SSSR count). The van der Waals surface area contributed by atoms with Crippen LogP contribution in [0.1, 0.15) is 11.3 Å². The second-order valence-electron chi connectivity index (χ2n) is 8.54. The number of aromatic nitrogens is 4. The highest BCUT2D eigenvalue weighted by Crippen LogP contribution is 2.35. The summed E-state index contributed by atoms with van der Waals surface area (Å²) in [6, 6.07) is 7.70. The molecule has 0 atom stereocenters. The largest absolute Gasteiger partial charge is 0.416 e. The van der Waals surface area contributed by atoms with E-state index in [4.69, 9.17) is 22.1 Å². The van der Waals surface area contributed by atoms with Gasteiger partial charge in [-0.2, -0.15) is 18.3 Å². The monoisotopic (exact) mass is 546 g/mol. The third-order valence-corrected chi connectivity index (χ3v) is 6.32. The minimum Gasteiger partial charge on any atom is -0.382 e. The Bertz CT molecular complexity index is 1490. The minimum absolute atomic E-state index is 0.208. The molecule has 1 fully saturated rings. The van der Waals surface area contributed by atoms with Crippen LogP contribution in [0.15, 0.2) is 48.9 Å². The van der Waals surface area contributed by atoms with Gasteiger partial charge in [0.2, 0.25) is 0 Å². The van der Waals surface area contributed by atoms with Gasteiger partial charge in [-0.05, 0) is 35.9 Å². The second kappa shape index (κ2) is 10.4. The molecule has 4 aromatic rings. The van der Waals surface area contributed by atoms with Crippen LogP contribution in [0.25, 0.3) is 16.6 Å². The average molecular weight is 547 g/mol. The predicted octanol–water partition coefficient (Wildman–Crippen LogP) is 4.52. The molecule has 4 heterocycles. The molecule has 38 heavy (non-hydrogen) atoms. The van der Waals surface area contributed by atoms with Crippen molar-refractivity contribution in [2.75, 3.05) is 42.7 Å². The Hall–Kier alpha value is -3.94. The van der Waals surface area contributed by atoms with E-state index in [0.717, 1.165) is 42.7 Å². The van der Waals surface area contributed by atoms with Gasteiger partial charge in [-0.15, -0.1) is 0 Å². The van der Waals surface area contributed by atoms with Crippen LogP contribution in [0.5, 0.6) is 0 Å². The van der Waals surface area contributed by atoms with E-state index in [9.17, 15) is 18.0 Å². The Morgan fingerprint density at radius 3 is 2.63 bits per heavy atom. The van der Waals surface area contributed by atoms with Crippen molar-refractivity contribution in [3.63, 3.8) is 0 Å². The Morgan fingerprint density at radius 2 is 1.89 bits per heavy atom. The van der Waals surface area contributed by atoms with Crippen LogP contribution in [0, 0.1) is 0 Å². The van der Waals surface area contributed by atoms with E-state index in [0.29, 0.717) is 36.7 Å². The van der Waals surface area contributed by atoms with Crippen molar-refractivity contribution in [2.24, 2.45) is 0 Å². The zero-order valence-corrected chi connectivity index (χ0v) is 20.6. The zero-order valence-electron chi connectivity index (χ0n) is 19.8. The number of anilines is 3. The normalized spacial score (nSPS) is 14.5. The predicted molar refractivity (Wildman–Crippen MR) is 136 cm³/mol. The molecule has 14 heteroatoms. The number of carbonyl (C=O) groups excluding carboxylic acids is 1. The van der Waals surface area contributed by atoms with Gasteiger partial charge in [0, 0.05) is 31.4 Å².